The van der Waals surface area contributed by atoms with Crippen molar-refractivity contribution in [2.24, 2.45) is 5.92 Å². The van der Waals surface area contributed by atoms with Crippen LogP contribution in [0.15, 0.2) is 27.8 Å². The minimum Gasteiger partial charge on any atom is -0.383 e. The van der Waals surface area contributed by atoms with Crippen molar-refractivity contribution in [3.05, 3.63) is 59.7 Å². The van der Waals surface area contributed by atoms with Crippen LogP contribution in [0.5, 0.6) is 0 Å². The predicted molar refractivity (Wildman–Crippen MR) is 120 cm³/mol. The molecule has 1 aromatic heterocycles. The van der Waals surface area contributed by atoms with Gasteiger partial charge in [0.2, 0.25) is 0 Å². The quantitative estimate of drug-likeness (QED) is 0.442. The number of nitrogen functional groups attached to an aromatic ring is 1. The van der Waals surface area contributed by atoms with Crippen molar-refractivity contribution in [2.45, 2.75) is 46.6 Å². The largest absolute Gasteiger partial charge is 0.383 e. The third-order valence-corrected chi connectivity index (χ3v) is 5.10. The van der Waals surface area contributed by atoms with Gasteiger partial charge in [-0.2, -0.15) is 0 Å². The summed E-state index contributed by atoms with van der Waals surface area (Å²) in [6.45, 7) is 6.26. The highest BCUT2D eigenvalue weighted by atomic mass is 35.5. The van der Waals surface area contributed by atoms with E-state index in [9.17, 15) is 24.5 Å². The Morgan fingerprint density at radius 2 is 2.03 bits per heavy atom. The maximum atomic E-state index is 13.3. The third-order valence-electron chi connectivity index (χ3n) is 4.78. The number of rotatable bonds is 9. The topological polar surface area (TPSA) is 144 Å². The predicted octanol–water partition coefficient (Wildman–Crippen LogP) is 3.17. The van der Waals surface area contributed by atoms with Gasteiger partial charge in [0.1, 0.15) is 10.8 Å². The van der Waals surface area contributed by atoms with Crippen LogP contribution in [0, 0.1) is 16.0 Å². The summed E-state index contributed by atoms with van der Waals surface area (Å²) in [5, 5.41) is 11.1. The molecule has 0 aliphatic rings. The number of nitro groups is 1. The van der Waals surface area contributed by atoms with E-state index in [1.54, 1.807) is 0 Å². The molecule has 2 rings (SSSR count). The molecule has 1 amide bonds. The van der Waals surface area contributed by atoms with Crippen LogP contribution in [0.25, 0.3) is 0 Å². The Morgan fingerprint density at radius 3 is 2.61 bits per heavy atom. The van der Waals surface area contributed by atoms with Gasteiger partial charge >= 0.3 is 5.69 Å². The summed E-state index contributed by atoms with van der Waals surface area (Å²) >= 11 is 5.85. The van der Waals surface area contributed by atoms with Crippen molar-refractivity contribution < 1.29 is 9.72 Å². The summed E-state index contributed by atoms with van der Waals surface area (Å²) in [6.07, 6.45) is 1.98. The fourth-order valence-electron chi connectivity index (χ4n) is 3.02. The second kappa shape index (κ2) is 10.3. The van der Waals surface area contributed by atoms with Gasteiger partial charge in [-0.15, -0.1) is 0 Å². The Morgan fingerprint density at radius 1 is 1.35 bits per heavy atom. The highest BCUT2D eigenvalue weighted by molar-refractivity contribution is 6.32. The molecule has 0 aliphatic heterocycles. The van der Waals surface area contributed by atoms with Gasteiger partial charge in [0.05, 0.1) is 4.92 Å². The molecule has 0 saturated carbocycles. The number of hydrogen-bond donors (Lipinski definition) is 2. The average molecular weight is 452 g/mol. The first-order valence-corrected chi connectivity index (χ1v) is 10.3. The lowest BCUT2D eigenvalue weighted by Gasteiger charge is -2.25. The number of halogens is 1. The number of amides is 1. The van der Waals surface area contributed by atoms with Crippen LogP contribution in [0.1, 0.15) is 50.4 Å². The Kier molecular flexibility index (Phi) is 7.98. The molecular formula is C20H26ClN5O5. The zero-order valence-corrected chi connectivity index (χ0v) is 18.4. The Balaban J connectivity index is 2.64. The number of nitrogens with zero attached hydrogens (tertiary/aromatic N) is 3. The zero-order chi connectivity index (χ0) is 23.3. The van der Waals surface area contributed by atoms with E-state index in [-0.39, 0.29) is 41.1 Å². The number of aromatic amines is 1. The third kappa shape index (κ3) is 5.52. The molecule has 11 heteroatoms. The van der Waals surface area contributed by atoms with E-state index in [0.29, 0.717) is 12.8 Å². The number of nitrogens with one attached hydrogen (secondary N) is 1. The smallest absolute Gasteiger partial charge is 0.330 e. The second-order valence-electron chi connectivity index (χ2n) is 7.56. The molecule has 0 unspecified atom stereocenters. The maximum absolute atomic E-state index is 13.3. The lowest BCUT2D eigenvalue weighted by Crippen LogP contribution is -2.42. The monoisotopic (exact) mass is 451 g/mol. The van der Waals surface area contributed by atoms with Crippen LogP contribution in [0.3, 0.4) is 0 Å². The number of carbonyl (C=O) groups is 1. The summed E-state index contributed by atoms with van der Waals surface area (Å²) in [5.74, 6) is -0.581. The van der Waals surface area contributed by atoms with Gasteiger partial charge in [-0.1, -0.05) is 38.8 Å². The Labute approximate surface area is 183 Å². The first-order chi connectivity index (χ1) is 14.6. The SMILES string of the molecule is CCCCn1c(N)c(N(CCC(C)C)C(=O)c2ccc(Cl)c([N+](=O)[O-])c2)c(=O)[nH]c1=O. The molecule has 0 atom stereocenters. The molecule has 0 bridgehead atoms. The number of nitrogens with two attached hydrogens (primary N) is 1. The molecule has 2 aromatic rings. The van der Waals surface area contributed by atoms with Gasteiger partial charge in [0.15, 0.2) is 5.69 Å². The van der Waals surface area contributed by atoms with Crippen LogP contribution < -0.4 is 21.9 Å². The minimum absolute atomic E-state index is 0.0232. The Bertz CT molecular complexity index is 1090. The molecule has 0 aliphatic carbocycles. The minimum atomic E-state index is -0.796. The fraction of sp³-hybridized carbons (Fsp3) is 0.450. The van der Waals surface area contributed by atoms with Crippen LogP contribution in [0.2, 0.25) is 5.02 Å². The van der Waals surface area contributed by atoms with E-state index in [1.165, 1.54) is 21.6 Å². The van der Waals surface area contributed by atoms with Crippen molar-refractivity contribution in [3.63, 3.8) is 0 Å². The summed E-state index contributed by atoms with van der Waals surface area (Å²) in [6, 6.07) is 3.66. The van der Waals surface area contributed by atoms with Crippen LogP contribution in [-0.4, -0.2) is 26.9 Å². The van der Waals surface area contributed by atoms with Gasteiger partial charge in [-0.05, 0) is 30.9 Å². The molecule has 0 radical (unpaired) electrons. The molecule has 168 valence electrons. The molecule has 3 N–H and O–H groups in total. The normalized spacial score (nSPS) is 11.0. The molecule has 0 saturated heterocycles. The molecule has 10 nitrogen and oxygen atoms in total. The molecule has 0 spiro atoms. The number of benzene rings is 1. The van der Waals surface area contributed by atoms with E-state index in [0.717, 1.165) is 12.5 Å². The standard InChI is InChI=1S/C20H26ClN5O5/c1-4-5-9-25-17(22)16(18(27)23-20(25)29)24(10-8-12(2)3)19(28)13-6-7-14(21)15(11-13)26(30)31/h6-7,11-12H,4-5,8-10,22H2,1-3H3,(H,23,27,29). The van der Waals surface area contributed by atoms with Gasteiger partial charge < -0.3 is 10.6 Å². The van der Waals surface area contributed by atoms with Crippen molar-refractivity contribution in [3.8, 4) is 0 Å². The fourth-order valence-corrected chi connectivity index (χ4v) is 3.21. The van der Waals surface area contributed by atoms with Crippen LogP contribution >= 0.6 is 11.6 Å². The summed E-state index contributed by atoms with van der Waals surface area (Å²) in [4.78, 5) is 52.2. The molecule has 1 aromatic carbocycles. The van der Waals surface area contributed by atoms with Gasteiger partial charge in [0.25, 0.3) is 17.2 Å². The van der Waals surface area contributed by atoms with E-state index in [1.807, 2.05) is 20.8 Å². The number of hydrogen-bond acceptors (Lipinski definition) is 6. The number of nitro benzene ring substituents is 1. The van der Waals surface area contributed by atoms with Gasteiger partial charge in [-0.25, -0.2) is 4.79 Å². The highest BCUT2D eigenvalue weighted by Crippen LogP contribution is 2.27. The summed E-state index contributed by atoms with van der Waals surface area (Å²) in [7, 11) is 0. The molecule has 1 heterocycles. The van der Waals surface area contributed by atoms with Crippen LogP contribution in [-0.2, 0) is 6.54 Å². The highest BCUT2D eigenvalue weighted by Gasteiger charge is 2.27. The number of unbranched alkanes of at least 4 members (excludes halogenated alkanes) is 1. The number of H-pyrrole nitrogens is 1. The van der Waals surface area contributed by atoms with E-state index in [2.05, 4.69) is 4.98 Å². The number of aromatic nitrogens is 2. The summed E-state index contributed by atoms with van der Waals surface area (Å²) in [5.41, 5.74) is 4.12. The van der Waals surface area contributed by atoms with E-state index in [4.69, 9.17) is 17.3 Å². The number of anilines is 2. The lowest BCUT2D eigenvalue weighted by atomic mass is 10.1. The van der Waals surface area contributed by atoms with Gasteiger partial charge in [-0.3, -0.25) is 29.3 Å². The van der Waals surface area contributed by atoms with Crippen molar-refractivity contribution in [2.75, 3.05) is 17.2 Å². The first-order valence-electron chi connectivity index (χ1n) is 9.96. The van der Waals surface area contributed by atoms with Crippen LogP contribution in [0.4, 0.5) is 17.2 Å². The first kappa shape index (κ1) is 24.1. The van der Waals surface area contributed by atoms with Crippen molar-refractivity contribution in [1.29, 1.82) is 0 Å². The molecular weight excluding hydrogens is 426 g/mol. The second-order valence-corrected chi connectivity index (χ2v) is 7.97. The Hall–Kier alpha value is -3.14. The summed E-state index contributed by atoms with van der Waals surface area (Å²) < 4.78 is 1.22. The zero-order valence-electron chi connectivity index (χ0n) is 17.7. The van der Waals surface area contributed by atoms with E-state index < -0.39 is 27.8 Å². The van der Waals surface area contributed by atoms with Gasteiger partial charge in [0, 0.05) is 24.7 Å². The number of carbonyl (C=O) groups excluding carboxylic acids is 1. The lowest BCUT2D eigenvalue weighted by molar-refractivity contribution is -0.384. The molecule has 0 fully saturated rings. The maximum Gasteiger partial charge on any atom is 0.330 e. The molecule has 31 heavy (non-hydrogen) atoms. The van der Waals surface area contributed by atoms with E-state index >= 15 is 0 Å². The van der Waals surface area contributed by atoms with Crippen molar-refractivity contribution >= 4 is 34.7 Å². The van der Waals surface area contributed by atoms with Crippen molar-refractivity contribution in [1.82, 2.24) is 9.55 Å². The average Bonchev–Trinajstić information content (AvgIpc) is 2.69.